The fourth-order valence-electron chi connectivity index (χ4n) is 2.61. The van der Waals surface area contributed by atoms with Gasteiger partial charge in [0.2, 0.25) is 0 Å². The topological polar surface area (TPSA) is 38.3 Å². The average molecular weight is 261 g/mol. The highest BCUT2D eigenvalue weighted by Crippen LogP contribution is 2.25. The molecule has 2 rings (SSSR count). The third kappa shape index (κ3) is 3.57. The summed E-state index contributed by atoms with van der Waals surface area (Å²) in [5.74, 6) is 2.10. The molecule has 0 bridgehead atoms. The van der Waals surface area contributed by atoms with Gasteiger partial charge >= 0.3 is 0 Å². The lowest BCUT2D eigenvalue weighted by Crippen LogP contribution is -2.45. The first-order chi connectivity index (χ1) is 9.08. The van der Waals surface area contributed by atoms with E-state index in [1.165, 1.54) is 0 Å². The zero-order valence-electron chi connectivity index (χ0n) is 12.0. The number of ether oxygens (including phenoxy) is 1. The van der Waals surface area contributed by atoms with E-state index in [9.17, 15) is 4.79 Å². The molecule has 0 aliphatic carbocycles. The molecule has 3 heteroatoms. The molecule has 0 amide bonds. The zero-order chi connectivity index (χ0) is 13.8. The van der Waals surface area contributed by atoms with E-state index in [4.69, 9.17) is 4.74 Å². The molecule has 2 atom stereocenters. The minimum Gasteiger partial charge on any atom is -0.490 e. The summed E-state index contributed by atoms with van der Waals surface area (Å²) in [6.07, 6.45) is 1.31. The third-order valence-corrected chi connectivity index (χ3v) is 3.87. The molecule has 2 unspecified atom stereocenters. The summed E-state index contributed by atoms with van der Waals surface area (Å²) in [5.41, 5.74) is 0.734. The van der Waals surface area contributed by atoms with Crippen molar-refractivity contribution in [2.45, 2.75) is 33.3 Å². The molecule has 1 aliphatic rings. The molecule has 0 radical (unpaired) electrons. The van der Waals surface area contributed by atoms with Crippen LogP contribution in [-0.2, 0) is 0 Å². The number of Topliss-reactive ketones (excluding diaryl/α,β-unsaturated/α-hetero) is 1. The van der Waals surface area contributed by atoms with Crippen LogP contribution in [0.25, 0.3) is 0 Å². The Hall–Kier alpha value is -1.35. The van der Waals surface area contributed by atoms with E-state index in [-0.39, 0.29) is 11.9 Å². The Labute approximate surface area is 115 Å². The quantitative estimate of drug-likeness (QED) is 0.847. The standard InChI is InChI=1S/C16H23NO2/c1-11(2)15-10-17-9-8-16(15)19-14-6-4-13(5-7-14)12(3)18/h4-7,11,15-17H,8-10H2,1-3H3. The van der Waals surface area contributed by atoms with E-state index in [2.05, 4.69) is 19.2 Å². The van der Waals surface area contributed by atoms with Crippen LogP contribution in [0.4, 0.5) is 0 Å². The van der Waals surface area contributed by atoms with Gasteiger partial charge in [0, 0.05) is 18.0 Å². The summed E-state index contributed by atoms with van der Waals surface area (Å²) >= 11 is 0. The van der Waals surface area contributed by atoms with Crippen LogP contribution in [0, 0.1) is 11.8 Å². The van der Waals surface area contributed by atoms with Crippen molar-refractivity contribution in [2.75, 3.05) is 13.1 Å². The summed E-state index contributed by atoms with van der Waals surface area (Å²) in [4.78, 5) is 11.2. The van der Waals surface area contributed by atoms with Crippen LogP contribution < -0.4 is 10.1 Å². The first kappa shape index (κ1) is 14.1. The van der Waals surface area contributed by atoms with Crippen LogP contribution in [0.1, 0.15) is 37.6 Å². The number of hydrogen-bond donors (Lipinski definition) is 1. The van der Waals surface area contributed by atoms with Crippen LogP contribution in [0.2, 0.25) is 0 Å². The molecular formula is C16H23NO2. The van der Waals surface area contributed by atoms with E-state index in [0.29, 0.717) is 11.8 Å². The summed E-state index contributed by atoms with van der Waals surface area (Å²) in [6, 6.07) is 7.47. The normalized spacial score (nSPS) is 23.4. The number of piperidine rings is 1. The van der Waals surface area contributed by atoms with Crippen molar-refractivity contribution in [3.8, 4) is 5.75 Å². The highest BCUT2D eigenvalue weighted by atomic mass is 16.5. The van der Waals surface area contributed by atoms with Crippen LogP contribution in [0.5, 0.6) is 5.75 Å². The van der Waals surface area contributed by atoms with E-state index in [1.54, 1.807) is 6.92 Å². The summed E-state index contributed by atoms with van der Waals surface area (Å²) in [6.45, 7) is 8.10. The molecule has 0 aromatic heterocycles. The SMILES string of the molecule is CC(=O)c1ccc(OC2CCNCC2C(C)C)cc1. The average Bonchev–Trinajstić information content (AvgIpc) is 2.39. The zero-order valence-corrected chi connectivity index (χ0v) is 12.0. The highest BCUT2D eigenvalue weighted by molar-refractivity contribution is 5.94. The maximum atomic E-state index is 11.2. The molecule has 1 aliphatic heterocycles. The molecule has 0 saturated carbocycles. The number of benzene rings is 1. The predicted octanol–water partition coefficient (Wildman–Crippen LogP) is 2.90. The van der Waals surface area contributed by atoms with Crippen LogP contribution in [0.15, 0.2) is 24.3 Å². The second-order valence-corrected chi connectivity index (χ2v) is 5.64. The van der Waals surface area contributed by atoms with Gasteiger partial charge in [-0.15, -0.1) is 0 Å². The summed E-state index contributed by atoms with van der Waals surface area (Å²) < 4.78 is 6.11. The molecule has 1 aromatic rings. The van der Waals surface area contributed by atoms with Crippen LogP contribution >= 0.6 is 0 Å². The Bertz CT molecular complexity index is 425. The number of ketones is 1. The molecule has 3 nitrogen and oxygen atoms in total. The van der Waals surface area contributed by atoms with Crippen molar-refractivity contribution < 1.29 is 9.53 Å². The molecule has 1 fully saturated rings. The molecule has 1 aromatic carbocycles. The van der Waals surface area contributed by atoms with Gasteiger partial charge in [-0.25, -0.2) is 0 Å². The lowest BCUT2D eigenvalue weighted by Gasteiger charge is -2.35. The van der Waals surface area contributed by atoms with Crippen molar-refractivity contribution in [1.29, 1.82) is 0 Å². The Kier molecular flexibility index (Phi) is 4.59. The van der Waals surface area contributed by atoms with Gasteiger partial charge < -0.3 is 10.1 Å². The minimum absolute atomic E-state index is 0.0912. The molecule has 1 saturated heterocycles. The number of rotatable bonds is 4. The monoisotopic (exact) mass is 261 g/mol. The minimum atomic E-state index is 0.0912. The van der Waals surface area contributed by atoms with Crippen LogP contribution in [0.3, 0.4) is 0 Å². The Balaban J connectivity index is 2.04. The predicted molar refractivity (Wildman–Crippen MR) is 76.7 cm³/mol. The Morgan fingerprint density at radius 2 is 2.00 bits per heavy atom. The van der Waals surface area contributed by atoms with E-state index in [0.717, 1.165) is 30.8 Å². The van der Waals surface area contributed by atoms with Crippen molar-refractivity contribution in [3.63, 3.8) is 0 Å². The smallest absolute Gasteiger partial charge is 0.159 e. The van der Waals surface area contributed by atoms with Gasteiger partial charge in [0.05, 0.1) is 0 Å². The Morgan fingerprint density at radius 1 is 1.32 bits per heavy atom. The van der Waals surface area contributed by atoms with Gasteiger partial charge in [-0.2, -0.15) is 0 Å². The van der Waals surface area contributed by atoms with Gasteiger partial charge in [-0.05, 0) is 50.1 Å². The summed E-state index contributed by atoms with van der Waals surface area (Å²) in [5, 5.41) is 3.43. The third-order valence-electron chi connectivity index (χ3n) is 3.87. The van der Waals surface area contributed by atoms with Gasteiger partial charge in [0.1, 0.15) is 11.9 Å². The van der Waals surface area contributed by atoms with Gasteiger partial charge in [-0.3, -0.25) is 4.79 Å². The number of hydrogen-bond acceptors (Lipinski definition) is 3. The molecule has 19 heavy (non-hydrogen) atoms. The second kappa shape index (κ2) is 6.20. The highest BCUT2D eigenvalue weighted by Gasteiger charge is 2.28. The van der Waals surface area contributed by atoms with Crippen molar-refractivity contribution in [2.24, 2.45) is 11.8 Å². The van der Waals surface area contributed by atoms with Gasteiger partial charge in [0.25, 0.3) is 0 Å². The molecule has 104 valence electrons. The van der Waals surface area contributed by atoms with E-state index in [1.807, 2.05) is 24.3 Å². The lowest BCUT2D eigenvalue weighted by molar-refractivity contribution is 0.0762. The van der Waals surface area contributed by atoms with Crippen LogP contribution in [-0.4, -0.2) is 25.0 Å². The molecule has 1 N–H and O–H groups in total. The Morgan fingerprint density at radius 3 is 2.58 bits per heavy atom. The molecular weight excluding hydrogens is 238 g/mol. The number of carbonyl (C=O) groups excluding carboxylic acids is 1. The molecule has 1 heterocycles. The number of nitrogens with one attached hydrogen (secondary N) is 1. The van der Waals surface area contributed by atoms with Crippen molar-refractivity contribution >= 4 is 5.78 Å². The van der Waals surface area contributed by atoms with Crippen molar-refractivity contribution in [1.82, 2.24) is 5.32 Å². The van der Waals surface area contributed by atoms with E-state index < -0.39 is 0 Å². The maximum absolute atomic E-state index is 11.2. The first-order valence-corrected chi connectivity index (χ1v) is 7.06. The van der Waals surface area contributed by atoms with E-state index >= 15 is 0 Å². The van der Waals surface area contributed by atoms with Gasteiger partial charge in [-0.1, -0.05) is 13.8 Å². The fourth-order valence-corrected chi connectivity index (χ4v) is 2.61. The van der Waals surface area contributed by atoms with Gasteiger partial charge in [0.15, 0.2) is 5.78 Å². The first-order valence-electron chi connectivity index (χ1n) is 7.06. The second-order valence-electron chi connectivity index (χ2n) is 5.64. The lowest BCUT2D eigenvalue weighted by atomic mass is 9.86. The maximum Gasteiger partial charge on any atom is 0.159 e. The summed E-state index contributed by atoms with van der Waals surface area (Å²) in [7, 11) is 0. The van der Waals surface area contributed by atoms with Crippen molar-refractivity contribution in [3.05, 3.63) is 29.8 Å². The fraction of sp³-hybridized carbons (Fsp3) is 0.562. The molecule has 0 spiro atoms. The largest absolute Gasteiger partial charge is 0.490 e. The number of carbonyl (C=O) groups is 1.